The molecule has 0 spiro atoms. The molecular formula is C9H15NO2. The lowest BCUT2D eigenvalue weighted by molar-refractivity contribution is -0.182. The second-order valence-corrected chi connectivity index (χ2v) is 4.10. The lowest BCUT2D eigenvalue weighted by Gasteiger charge is -2.50. The van der Waals surface area contributed by atoms with E-state index in [-0.39, 0.29) is 17.6 Å². The molecule has 0 aromatic carbocycles. The van der Waals surface area contributed by atoms with Gasteiger partial charge in [0.25, 0.3) is 0 Å². The SMILES string of the molecule is CC(C)C12COC1CC(=O)N2C. The van der Waals surface area contributed by atoms with Crippen LogP contribution in [0.5, 0.6) is 0 Å². The van der Waals surface area contributed by atoms with Crippen LogP contribution in [-0.4, -0.2) is 36.1 Å². The van der Waals surface area contributed by atoms with E-state index in [4.69, 9.17) is 4.74 Å². The van der Waals surface area contributed by atoms with Crippen molar-refractivity contribution in [3.63, 3.8) is 0 Å². The molecule has 0 aromatic heterocycles. The van der Waals surface area contributed by atoms with Gasteiger partial charge in [-0.25, -0.2) is 0 Å². The number of carbonyl (C=O) groups excluding carboxylic acids is 1. The van der Waals surface area contributed by atoms with Crippen LogP contribution < -0.4 is 0 Å². The van der Waals surface area contributed by atoms with Gasteiger partial charge in [-0.2, -0.15) is 0 Å². The standard InChI is InChI=1S/C9H15NO2/c1-6(2)9-5-12-7(9)4-8(11)10(9)3/h6-7H,4-5H2,1-3H3. The van der Waals surface area contributed by atoms with Gasteiger partial charge in [0.15, 0.2) is 0 Å². The average Bonchev–Trinajstić information content (AvgIpc) is 2.11. The molecule has 2 rings (SSSR count). The summed E-state index contributed by atoms with van der Waals surface area (Å²) in [6.07, 6.45) is 0.740. The number of hydrogen-bond acceptors (Lipinski definition) is 2. The third-order valence-corrected chi connectivity index (χ3v) is 3.43. The van der Waals surface area contributed by atoms with Crippen LogP contribution in [0.3, 0.4) is 0 Å². The van der Waals surface area contributed by atoms with Crippen molar-refractivity contribution in [1.82, 2.24) is 4.90 Å². The lowest BCUT2D eigenvalue weighted by atomic mass is 9.79. The van der Waals surface area contributed by atoms with E-state index in [1.165, 1.54) is 0 Å². The molecule has 1 amide bonds. The highest BCUT2D eigenvalue weighted by atomic mass is 16.5. The predicted molar refractivity (Wildman–Crippen MR) is 44.7 cm³/mol. The number of amides is 1. The average molecular weight is 169 g/mol. The highest BCUT2D eigenvalue weighted by Gasteiger charge is 2.60. The number of ether oxygens (including phenoxy) is 1. The van der Waals surface area contributed by atoms with Crippen LogP contribution in [0.4, 0.5) is 0 Å². The fourth-order valence-corrected chi connectivity index (χ4v) is 2.37. The summed E-state index contributed by atoms with van der Waals surface area (Å²) in [6.45, 7) is 5.03. The van der Waals surface area contributed by atoms with E-state index in [0.717, 1.165) is 6.61 Å². The van der Waals surface area contributed by atoms with E-state index < -0.39 is 0 Å². The number of rotatable bonds is 1. The smallest absolute Gasteiger partial charge is 0.225 e. The molecule has 2 aliphatic rings. The third kappa shape index (κ3) is 0.678. The first-order valence-corrected chi connectivity index (χ1v) is 4.47. The molecule has 0 radical (unpaired) electrons. The molecule has 0 aliphatic carbocycles. The topological polar surface area (TPSA) is 29.5 Å². The van der Waals surface area contributed by atoms with Crippen molar-refractivity contribution in [3.8, 4) is 0 Å². The predicted octanol–water partition coefficient (Wildman–Crippen LogP) is 0.642. The minimum Gasteiger partial charge on any atom is -0.373 e. The first-order chi connectivity index (χ1) is 5.59. The maximum absolute atomic E-state index is 11.4. The van der Waals surface area contributed by atoms with Gasteiger partial charge in [0.1, 0.15) is 0 Å². The maximum Gasteiger partial charge on any atom is 0.225 e. The summed E-state index contributed by atoms with van der Waals surface area (Å²) in [5, 5.41) is 0. The van der Waals surface area contributed by atoms with Crippen LogP contribution in [0.1, 0.15) is 20.3 Å². The first kappa shape index (κ1) is 8.05. The molecular weight excluding hydrogens is 154 g/mol. The fourth-order valence-electron chi connectivity index (χ4n) is 2.37. The van der Waals surface area contributed by atoms with E-state index in [0.29, 0.717) is 12.3 Å². The molecule has 68 valence electrons. The Morgan fingerprint density at radius 1 is 1.67 bits per heavy atom. The van der Waals surface area contributed by atoms with Crippen LogP contribution in [0.15, 0.2) is 0 Å². The number of carbonyl (C=O) groups is 1. The number of fused-ring (bicyclic) bond motifs is 1. The van der Waals surface area contributed by atoms with E-state index in [2.05, 4.69) is 13.8 Å². The van der Waals surface area contributed by atoms with Crippen LogP contribution in [-0.2, 0) is 9.53 Å². The second kappa shape index (κ2) is 2.22. The van der Waals surface area contributed by atoms with Gasteiger partial charge < -0.3 is 9.64 Å². The molecule has 0 N–H and O–H groups in total. The van der Waals surface area contributed by atoms with Crippen molar-refractivity contribution < 1.29 is 9.53 Å². The monoisotopic (exact) mass is 169 g/mol. The fraction of sp³-hybridized carbons (Fsp3) is 0.889. The molecule has 2 saturated heterocycles. The van der Waals surface area contributed by atoms with Crippen LogP contribution in [0, 0.1) is 5.92 Å². The summed E-state index contributed by atoms with van der Waals surface area (Å²) in [6, 6.07) is 0. The normalized spacial score (nSPS) is 40.2. The Balaban J connectivity index is 2.30. The Morgan fingerprint density at radius 3 is 2.58 bits per heavy atom. The molecule has 2 fully saturated rings. The largest absolute Gasteiger partial charge is 0.373 e. The zero-order chi connectivity index (χ0) is 8.93. The van der Waals surface area contributed by atoms with Crippen molar-refractivity contribution in [2.45, 2.75) is 31.9 Å². The Hall–Kier alpha value is -0.570. The maximum atomic E-state index is 11.4. The molecule has 12 heavy (non-hydrogen) atoms. The molecule has 0 saturated carbocycles. The Bertz CT molecular complexity index is 227. The van der Waals surface area contributed by atoms with Gasteiger partial charge in [-0.3, -0.25) is 4.79 Å². The van der Waals surface area contributed by atoms with Gasteiger partial charge >= 0.3 is 0 Å². The zero-order valence-corrected chi connectivity index (χ0v) is 7.83. The van der Waals surface area contributed by atoms with Crippen LogP contribution in [0.25, 0.3) is 0 Å². The minimum absolute atomic E-state index is 0.0249. The van der Waals surface area contributed by atoms with Gasteiger partial charge in [-0.1, -0.05) is 13.8 Å². The third-order valence-electron chi connectivity index (χ3n) is 3.43. The summed E-state index contributed by atoms with van der Waals surface area (Å²) in [5.41, 5.74) is 0.0249. The van der Waals surface area contributed by atoms with Crippen LogP contribution in [0.2, 0.25) is 0 Å². The highest BCUT2D eigenvalue weighted by molar-refractivity contribution is 5.81. The van der Waals surface area contributed by atoms with E-state index in [1.54, 1.807) is 0 Å². The second-order valence-electron chi connectivity index (χ2n) is 4.10. The molecule has 2 unspecified atom stereocenters. The number of hydrogen-bond donors (Lipinski definition) is 0. The number of nitrogens with zero attached hydrogens (tertiary/aromatic N) is 1. The van der Waals surface area contributed by atoms with E-state index in [9.17, 15) is 4.79 Å². The van der Waals surface area contributed by atoms with Crippen molar-refractivity contribution >= 4 is 5.91 Å². The lowest BCUT2D eigenvalue weighted by Crippen LogP contribution is -2.65. The molecule has 3 nitrogen and oxygen atoms in total. The van der Waals surface area contributed by atoms with E-state index in [1.807, 2.05) is 11.9 Å². The van der Waals surface area contributed by atoms with Gasteiger partial charge in [-0.05, 0) is 5.92 Å². The first-order valence-electron chi connectivity index (χ1n) is 4.47. The van der Waals surface area contributed by atoms with Gasteiger partial charge in [0.05, 0.1) is 24.7 Å². The molecule has 0 bridgehead atoms. The Morgan fingerprint density at radius 2 is 2.33 bits per heavy atom. The minimum atomic E-state index is 0.0249. The van der Waals surface area contributed by atoms with Gasteiger partial charge in [-0.15, -0.1) is 0 Å². The number of likely N-dealkylation sites (N-methyl/N-ethyl adjacent to an activating group) is 1. The van der Waals surface area contributed by atoms with Crippen molar-refractivity contribution in [2.75, 3.05) is 13.7 Å². The van der Waals surface area contributed by atoms with Crippen molar-refractivity contribution in [1.29, 1.82) is 0 Å². The van der Waals surface area contributed by atoms with Crippen molar-refractivity contribution in [3.05, 3.63) is 0 Å². The zero-order valence-electron chi connectivity index (χ0n) is 7.83. The summed E-state index contributed by atoms with van der Waals surface area (Å²) in [4.78, 5) is 13.3. The van der Waals surface area contributed by atoms with Crippen LogP contribution >= 0.6 is 0 Å². The number of likely N-dealkylation sites (tertiary alicyclic amines) is 1. The summed E-state index contributed by atoms with van der Waals surface area (Å²) in [5.74, 6) is 0.721. The molecule has 2 aliphatic heterocycles. The molecule has 0 aromatic rings. The quantitative estimate of drug-likeness (QED) is 0.576. The van der Waals surface area contributed by atoms with Gasteiger partial charge in [0, 0.05) is 7.05 Å². The van der Waals surface area contributed by atoms with Gasteiger partial charge in [0.2, 0.25) is 5.91 Å². The summed E-state index contributed by atoms with van der Waals surface area (Å²) >= 11 is 0. The highest BCUT2D eigenvalue weighted by Crippen LogP contribution is 2.44. The Labute approximate surface area is 72.7 Å². The summed E-state index contributed by atoms with van der Waals surface area (Å²) in [7, 11) is 1.89. The van der Waals surface area contributed by atoms with Crippen molar-refractivity contribution in [2.24, 2.45) is 5.92 Å². The molecule has 2 atom stereocenters. The molecule has 2 heterocycles. The summed E-state index contributed by atoms with van der Waals surface area (Å²) < 4.78 is 5.40. The molecule has 3 heteroatoms. The van der Waals surface area contributed by atoms with E-state index >= 15 is 0 Å². The Kier molecular flexibility index (Phi) is 1.49.